The molecule has 1 atom stereocenters. The van der Waals surface area contributed by atoms with Gasteiger partial charge in [0.1, 0.15) is 5.76 Å². The normalized spacial score (nSPS) is 12.1. The van der Waals surface area contributed by atoms with E-state index in [-0.39, 0.29) is 17.7 Å². The third kappa shape index (κ3) is 4.10. The SMILES string of the molecule is Cc1occc1-c1nnc(SCC(=O)NC(C)c2ccc(Br)cc2)n1N. The molecule has 136 valence electrons. The van der Waals surface area contributed by atoms with E-state index < -0.39 is 0 Å². The molecule has 1 amide bonds. The molecule has 2 heterocycles. The molecule has 3 aromatic rings. The van der Waals surface area contributed by atoms with Gasteiger partial charge in [-0.05, 0) is 37.6 Å². The number of hydrogen-bond donors (Lipinski definition) is 2. The van der Waals surface area contributed by atoms with Crippen molar-refractivity contribution in [1.82, 2.24) is 20.2 Å². The number of nitrogens with two attached hydrogens (primary N) is 1. The van der Waals surface area contributed by atoms with Crippen molar-refractivity contribution < 1.29 is 9.21 Å². The van der Waals surface area contributed by atoms with Gasteiger partial charge in [-0.15, -0.1) is 10.2 Å². The smallest absolute Gasteiger partial charge is 0.230 e. The number of carbonyl (C=O) groups is 1. The van der Waals surface area contributed by atoms with Crippen LogP contribution >= 0.6 is 27.7 Å². The predicted molar refractivity (Wildman–Crippen MR) is 104 cm³/mol. The van der Waals surface area contributed by atoms with E-state index >= 15 is 0 Å². The molecule has 7 nitrogen and oxygen atoms in total. The maximum absolute atomic E-state index is 12.2. The molecular weight excluding hydrogens is 418 g/mol. The van der Waals surface area contributed by atoms with E-state index in [0.717, 1.165) is 15.6 Å². The van der Waals surface area contributed by atoms with Crippen LogP contribution in [0.4, 0.5) is 0 Å². The summed E-state index contributed by atoms with van der Waals surface area (Å²) in [4.78, 5) is 12.2. The van der Waals surface area contributed by atoms with Gasteiger partial charge in [0.2, 0.25) is 11.1 Å². The number of amides is 1. The van der Waals surface area contributed by atoms with Crippen LogP contribution in [0.5, 0.6) is 0 Å². The maximum Gasteiger partial charge on any atom is 0.230 e. The highest BCUT2D eigenvalue weighted by atomic mass is 79.9. The van der Waals surface area contributed by atoms with Crippen molar-refractivity contribution in [1.29, 1.82) is 0 Å². The Bertz CT molecular complexity index is 906. The standard InChI is InChI=1S/C17H18BrN5O2S/c1-10(12-3-5-13(18)6-4-12)20-15(24)9-26-17-22-21-16(23(17)19)14-7-8-25-11(14)2/h3-8,10H,9,19H2,1-2H3,(H,20,24). The van der Waals surface area contributed by atoms with Crippen molar-refractivity contribution >= 4 is 33.6 Å². The minimum Gasteiger partial charge on any atom is -0.469 e. The van der Waals surface area contributed by atoms with E-state index in [0.29, 0.717) is 16.7 Å². The molecule has 0 radical (unpaired) electrons. The van der Waals surface area contributed by atoms with Crippen molar-refractivity contribution in [3.63, 3.8) is 0 Å². The van der Waals surface area contributed by atoms with Crippen molar-refractivity contribution in [2.75, 3.05) is 11.6 Å². The molecule has 1 aromatic carbocycles. The van der Waals surface area contributed by atoms with E-state index in [1.807, 2.05) is 38.1 Å². The number of furan rings is 1. The quantitative estimate of drug-likeness (QED) is 0.455. The molecule has 3 N–H and O–H groups in total. The molecule has 0 bridgehead atoms. The molecule has 0 saturated heterocycles. The first-order valence-electron chi connectivity index (χ1n) is 7.88. The highest BCUT2D eigenvalue weighted by Gasteiger charge is 2.17. The fourth-order valence-electron chi connectivity index (χ4n) is 2.42. The molecular formula is C17H18BrN5O2S. The first-order chi connectivity index (χ1) is 12.5. The monoisotopic (exact) mass is 435 g/mol. The molecule has 0 aliphatic heterocycles. The predicted octanol–water partition coefficient (Wildman–Crippen LogP) is 3.29. The summed E-state index contributed by atoms with van der Waals surface area (Å²) in [5, 5.41) is 11.6. The van der Waals surface area contributed by atoms with Crippen LogP contribution in [0.15, 0.2) is 50.6 Å². The minimum atomic E-state index is -0.102. The minimum absolute atomic E-state index is 0.0870. The Morgan fingerprint density at radius 2 is 2.08 bits per heavy atom. The number of carbonyl (C=O) groups excluding carboxylic acids is 1. The second-order valence-electron chi connectivity index (χ2n) is 5.70. The average Bonchev–Trinajstić information content (AvgIpc) is 3.19. The van der Waals surface area contributed by atoms with E-state index in [2.05, 4.69) is 31.4 Å². The first kappa shape index (κ1) is 18.5. The van der Waals surface area contributed by atoms with Gasteiger partial charge in [0.25, 0.3) is 0 Å². The Hall–Kier alpha value is -2.26. The number of benzene rings is 1. The van der Waals surface area contributed by atoms with Gasteiger partial charge < -0.3 is 15.6 Å². The second kappa shape index (κ2) is 7.96. The molecule has 1 unspecified atom stereocenters. The topological polar surface area (TPSA) is 99.0 Å². The van der Waals surface area contributed by atoms with E-state index in [1.165, 1.54) is 16.4 Å². The van der Waals surface area contributed by atoms with Crippen LogP contribution in [0.25, 0.3) is 11.4 Å². The van der Waals surface area contributed by atoms with Gasteiger partial charge in [-0.25, -0.2) is 4.68 Å². The van der Waals surface area contributed by atoms with Crippen LogP contribution < -0.4 is 11.2 Å². The van der Waals surface area contributed by atoms with Crippen LogP contribution in [-0.2, 0) is 4.79 Å². The summed E-state index contributed by atoms with van der Waals surface area (Å²) in [6.45, 7) is 3.77. The highest BCUT2D eigenvalue weighted by molar-refractivity contribution is 9.10. The van der Waals surface area contributed by atoms with Crippen molar-refractivity contribution in [3.8, 4) is 11.4 Å². The van der Waals surface area contributed by atoms with Gasteiger partial charge in [-0.3, -0.25) is 4.79 Å². The molecule has 0 spiro atoms. The summed E-state index contributed by atoms with van der Waals surface area (Å²) in [6, 6.07) is 9.53. The zero-order valence-electron chi connectivity index (χ0n) is 14.3. The fourth-order valence-corrected chi connectivity index (χ4v) is 3.36. The lowest BCUT2D eigenvalue weighted by Crippen LogP contribution is -2.28. The Morgan fingerprint density at radius 1 is 1.35 bits per heavy atom. The van der Waals surface area contributed by atoms with Gasteiger partial charge in [-0.1, -0.05) is 39.8 Å². The fraction of sp³-hybridized carbons (Fsp3) is 0.235. The lowest BCUT2D eigenvalue weighted by Gasteiger charge is -2.14. The summed E-state index contributed by atoms with van der Waals surface area (Å²) in [5.41, 5.74) is 1.81. The van der Waals surface area contributed by atoms with Gasteiger partial charge in [0.15, 0.2) is 5.82 Å². The van der Waals surface area contributed by atoms with Crippen molar-refractivity contribution in [3.05, 3.63) is 52.4 Å². The summed E-state index contributed by atoms with van der Waals surface area (Å²) in [7, 11) is 0. The van der Waals surface area contributed by atoms with E-state index in [4.69, 9.17) is 10.3 Å². The molecule has 2 aromatic heterocycles. The number of aromatic nitrogens is 3. The second-order valence-corrected chi connectivity index (χ2v) is 7.55. The largest absolute Gasteiger partial charge is 0.469 e. The third-order valence-electron chi connectivity index (χ3n) is 3.84. The van der Waals surface area contributed by atoms with Crippen molar-refractivity contribution in [2.45, 2.75) is 25.0 Å². The van der Waals surface area contributed by atoms with Crippen LogP contribution in [-0.4, -0.2) is 26.5 Å². The highest BCUT2D eigenvalue weighted by Crippen LogP contribution is 2.25. The molecule has 9 heteroatoms. The Balaban J connectivity index is 1.59. The molecule has 26 heavy (non-hydrogen) atoms. The number of hydrogen-bond acceptors (Lipinski definition) is 6. The summed E-state index contributed by atoms with van der Waals surface area (Å²) in [5.74, 6) is 7.35. The van der Waals surface area contributed by atoms with Gasteiger partial charge in [0, 0.05) is 4.47 Å². The lowest BCUT2D eigenvalue weighted by atomic mass is 10.1. The molecule has 0 saturated carbocycles. The first-order valence-corrected chi connectivity index (χ1v) is 9.66. The molecule has 3 rings (SSSR count). The summed E-state index contributed by atoms with van der Waals surface area (Å²) >= 11 is 4.63. The van der Waals surface area contributed by atoms with Crippen LogP contribution in [0.2, 0.25) is 0 Å². The molecule has 0 fully saturated rings. The molecule has 0 aliphatic carbocycles. The van der Waals surface area contributed by atoms with Crippen LogP contribution in [0, 0.1) is 6.92 Å². The number of nitrogen functional groups attached to an aromatic ring is 1. The number of rotatable bonds is 6. The summed E-state index contributed by atoms with van der Waals surface area (Å²) in [6.07, 6.45) is 1.57. The number of nitrogens with one attached hydrogen (secondary N) is 1. The number of nitrogens with zero attached hydrogens (tertiary/aromatic N) is 3. The Kier molecular flexibility index (Phi) is 5.67. The van der Waals surface area contributed by atoms with Gasteiger partial charge >= 0.3 is 0 Å². The number of halogens is 1. The zero-order valence-corrected chi connectivity index (χ0v) is 16.7. The third-order valence-corrected chi connectivity index (χ3v) is 5.32. The lowest BCUT2D eigenvalue weighted by molar-refractivity contribution is -0.119. The average molecular weight is 436 g/mol. The van der Waals surface area contributed by atoms with Crippen LogP contribution in [0.1, 0.15) is 24.3 Å². The van der Waals surface area contributed by atoms with Gasteiger partial charge in [0.05, 0.1) is 23.6 Å². The van der Waals surface area contributed by atoms with E-state index in [9.17, 15) is 4.79 Å². The number of thioether (sulfide) groups is 1. The number of aryl methyl sites for hydroxylation is 1. The van der Waals surface area contributed by atoms with Crippen LogP contribution in [0.3, 0.4) is 0 Å². The van der Waals surface area contributed by atoms with Crippen molar-refractivity contribution in [2.24, 2.45) is 0 Å². The Morgan fingerprint density at radius 3 is 2.73 bits per heavy atom. The zero-order chi connectivity index (χ0) is 18.7. The van der Waals surface area contributed by atoms with Gasteiger partial charge in [-0.2, -0.15) is 0 Å². The molecule has 0 aliphatic rings. The Labute approximate surface area is 163 Å². The van der Waals surface area contributed by atoms with E-state index in [1.54, 1.807) is 12.3 Å². The maximum atomic E-state index is 12.2. The summed E-state index contributed by atoms with van der Waals surface area (Å²) < 4.78 is 7.63.